The number of hydrogen-bond acceptors (Lipinski definition) is 4. The first kappa shape index (κ1) is 16.7. The number of rotatable bonds is 7. The van der Waals surface area contributed by atoms with Gasteiger partial charge < -0.3 is 14.3 Å². The minimum atomic E-state index is -0.836. The summed E-state index contributed by atoms with van der Waals surface area (Å²) in [5.74, 6) is -0.0661. The van der Waals surface area contributed by atoms with Gasteiger partial charge in [-0.25, -0.2) is 0 Å². The van der Waals surface area contributed by atoms with E-state index in [-0.39, 0.29) is 18.8 Å². The van der Waals surface area contributed by atoms with Gasteiger partial charge in [-0.1, -0.05) is 30.3 Å². The van der Waals surface area contributed by atoms with Gasteiger partial charge in [0.05, 0.1) is 31.6 Å². The minimum absolute atomic E-state index is 0.0173. The molecule has 0 amide bonds. The molecule has 3 rings (SSSR count). The number of benzene rings is 1. The largest absolute Gasteiger partial charge is 0.480 e. The van der Waals surface area contributed by atoms with Crippen LogP contribution in [0.25, 0.3) is 0 Å². The average molecular weight is 329 g/mol. The summed E-state index contributed by atoms with van der Waals surface area (Å²) in [6.07, 6.45) is 4.80. The van der Waals surface area contributed by atoms with Crippen molar-refractivity contribution >= 4 is 5.97 Å². The van der Waals surface area contributed by atoms with E-state index in [0.29, 0.717) is 13.1 Å². The highest BCUT2D eigenvalue weighted by Gasteiger charge is 2.26. The summed E-state index contributed by atoms with van der Waals surface area (Å²) < 4.78 is 11.6. The van der Waals surface area contributed by atoms with Crippen LogP contribution in [0.2, 0.25) is 0 Å². The van der Waals surface area contributed by atoms with Crippen molar-refractivity contribution in [1.82, 2.24) is 4.90 Å². The molecule has 2 unspecified atom stereocenters. The van der Waals surface area contributed by atoms with Crippen molar-refractivity contribution in [2.24, 2.45) is 0 Å². The molecule has 1 saturated heterocycles. The molecule has 0 radical (unpaired) electrons. The van der Waals surface area contributed by atoms with Crippen LogP contribution in [0.5, 0.6) is 0 Å². The molecule has 24 heavy (non-hydrogen) atoms. The van der Waals surface area contributed by atoms with Gasteiger partial charge in [0.1, 0.15) is 5.76 Å². The quantitative estimate of drug-likeness (QED) is 0.842. The Labute approximate surface area is 141 Å². The Hall–Kier alpha value is -2.11. The second kappa shape index (κ2) is 8.13. The van der Waals surface area contributed by atoms with E-state index in [0.717, 1.165) is 25.0 Å². The highest BCUT2D eigenvalue weighted by Crippen LogP contribution is 2.31. The lowest BCUT2D eigenvalue weighted by Gasteiger charge is -2.33. The summed E-state index contributed by atoms with van der Waals surface area (Å²) in [4.78, 5) is 13.0. The number of carboxylic acids is 1. The molecular formula is C19H23NO4. The van der Waals surface area contributed by atoms with E-state index in [9.17, 15) is 4.79 Å². The lowest BCUT2D eigenvalue weighted by Crippen LogP contribution is -2.38. The molecule has 2 heterocycles. The Bertz CT molecular complexity index is 626. The number of hydrogen-bond donors (Lipinski definition) is 1. The van der Waals surface area contributed by atoms with Gasteiger partial charge in [0.15, 0.2) is 0 Å². The van der Waals surface area contributed by atoms with Gasteiger partial charge in [0.25, 0.3) is 0 Å². The molecule has 1 aliphatic heterocycles. The Morgan fingerprint density at radius 2 is 2.00 bits per heavy atom. The molecule has 1 aliphatic rings. The molecule has 5 nitrogen and oxygen atoms in total. The molecule has 0 spiro atoms. The Balaban J connectivity index is 1.61. The third-order valence-corrected chi connectivity index (χ3v) is 4.30. The summed E-state index contributed by atoms with van der Waals surface area (Å²) >= 11 is 0. The number of carbonyl (C=O) groups is 1. The molecule has 0 bridgehead atoms. The predicted octanol–water partition coefficient (Wildman–Crippen LogP) is 3.48. The lowest BCUT2D eigenvalue weighted by atomic mass is 9.98. The standard InChI is InChI=1S/C19H23NO4/c21-19(22)14-20(12-16-9-5-11-23-16)13-17-8-4-10-18(24-17)15-6-2-1-3-7-15/h1-3,5-7,9,11,17-18H,4,8,10,12-14H2,(H,21,22). The van der Waals surface area contributed by atoms with Crippen LogP contribution in [0.3, 0.4) is 0 Å². The molecule has 5 heteroatoms. The van der Waals surface area contributed by atoms with Crippen molar-refractivity contribution < 1.29 is 19.1 Å². The first-order chi connectivity index (χ1) is 11.7. The average Bonchev–Trinajstić information content (AvgIpc) is 3.08. The third-order valence-electron chi connectivity index (χ3n) is 4.30. The van der Waals surface area contributed by atoms with Gasteiger partial charge in [-0.2, -0.15) is 0 Å². The number of carboxylic acid groups (broad SMARTS) is 1. The first-order valence-electron chi connectivity index (χ1n) is 8.37. The maximum absolute atomic E-state index is 11.2. The molecule has 2 atom stereocenters. The first-order valence-corrected chi connectivity index (χ1v) is 8.37. The van der Waals surface area contributed by atoms with Gasteiger partial charge in [-0.15, -0.1) is 0 Å². The number of furan rings is 1. The Morgan fingerprint density at radius 3 is 2.71 bits per heavy atom. The van der Waals surface area contributed by atoms with E-state index >= 15 is 0 Å². The Kier molecular flexibility index (Phi) is 5.67. The van der Waals surface area contributed by atoms with E-state index in [1.54, 1.807) is 6.26 Å². The van der Waals surface area contributed by atoms with Gasteiger partial charge in [-0.05, 0) is 37.0 Å². The summed E-state index contributed by atoms with van der Waals surface area (Å²) in [6, 6.07) is 13.9. The molecule has 1 fully saturated rings. The monoisotopic (exact) mass is 329 g/mol. The van der Waals surface area contributed by atoms with Crippen molar-refractivity contribution in [2.45, 2.75) is 38.0 Å². The number of ether oxygens (including phenoxy) is 1. The minimum Gasteiger partial charge on any atom is -0.480 e. The smallest absolute Gasteiger partial charge is 0.317 e. The van der Waals surface area contributed by atoms with Crippen LogP contribution in [-0.4, -0.2) is 35.2 Å². The van der Waals surface area contributed by atoms with E-state index in [4.69, 9.17) is 14.3 Å². The molecule has 1 N–H and O–H groups in total. The lowest BCUT2D eigenvalue weighted by molar-refractivity contribution is -0.139. The van der Waals surface area contributed by atoms with E-state index < -0.39 is 5.97 Å². The van der Waals surface area contributed by atoms with E-state index in [1.807, 2.05) is 35.2 Å². The van der Waals surface area contributed by atoms with E-state index in [1.165, 1.54) is 5.56 Å². The summed E-state index contributed by atoms with van der Waals surface area (Å²) in [5, 5.41) is 9.16. The van der Waals surface area contributed by atoms with Gasteiger partial charge in [0.2, 0.25) is 0 Å². The highest BCUT2D eigenvalue weighted by molar-refractivity contribution is 5.69. The normalized spacial score (nSPS) is 21.0. The van der Waals surface area contributed by atoms with Crippen molar-refractivity contribution in [1.29, 1.82) is 0 Å². The van der Waals surface area contributed by atoms with Crippen LogP contribution in [0, 0.1) is 0 Å². The van der Waals surface area contributed by atoms with Gasteiger partial charge in [0, 0.05) is 6.54 Å². The fraction of sp³-hybridized carbons (Fsp3) is 0.421. The van der Waals surface area contributed by atoms with Crippen LogP contribution in [-0.2, 0) is 16.1 Å². The maximum Gasteiger partial charge on any atom is 0.317 e. The summed E-state index contributed by atoms with van der Waals surface area (Å²) in [5.41, 5.74) is 1.19. The fourth-order valence-corrected chi connectivity index (χ4v) is 3.23. The SMILES string of the molecule is O=C(O)CN(Cc1ccco1)CC1CCCC(c2ccccc2)O1. The molecule has 0 aliphatic carbocycles. The van der Waals surface area contributed by atoms with Gasteiger partial charge >= 0.3 is 5.97 Å². The second-order valence-corrected chi connectivity index (χ2v) is 6.23. The van der Waals surface area contributed by atoms with Crippen LogP contribution in [0.4, 0.5) is 0 Å². The topological polar surface area (TPSA) is 62.9 Å². The fourth-order valence-electron chi connectivity index (χ4n) is 3.23. The van der Waals surface area contributed by atoms with Crippen LogP contribution < -0.4 is 0 Å². The summed E-state index contributed by atoms with van der Waals surface area (Å²) in [6.45, 7) is 1.06. The van der Waals surface area contributed by atoms with Crippen molar-refractivity contribution in [3.05, 3.63) is 60.1 Å². The van der Waals surface area contributed by atoms with Crippen LogP contribution in [0.1, 0.15) is 36.7 Å². The second-order valence-electron chi connectivity index (χ2n) is 6.23. The molecule has 0 saturated carbocycles. The zero-order valence-corrected chi connectivity index (χ0v) is 13.6. The van der Waals surface area contributed by atoms with E-state index in [2.05, 4.69) is 12.1 Å². The zero-order chi connectivity index (χ0) is 16.8. The Morgan fingerprint density at radius 1 is 1.17 bits per heavy atom. The number of nitrogens with zero attached hydrogens (tertiary/aromatic N) is 1. The molecule has 128 valence electrons. The van der Waals surface area contributed by atoms with Crippen molar-refractivity contribution in [3.63, 3.8) is 0 Å². The third kappa shape index (κ3) is 4.69. The zero-order valence-electron chi connectivity index (χ0n) is 13.6. The molecule has 1 aromatic carbocycles. The van der Waals surface area contributed by atoms with Crippen molar-refractivity contribution in [2.75, 3.05) is 13.1 Å². The number of aliphatic carboxylic acids is 1. The molecule has 1 aromatic heterocycles. The van der Waals surface area contributed by atoms with Crippen molar-refractivity contribution in [3.8, 4) is 0 Å². The molecular weight excluding hydrogens is 306 g/mol. The molecule has 2 aromatic rings. The van der Waals surface area contributed by atoms with Gasteiger partial charge in [-0.3, -0.25) is 9.69 Å². The van der Waals surface area contributed by atoms with Crippen LogP contribution in [0.15, 0.2) is 53.1 Å². The predicted molar refractivity (Wildman–Crippen MR) is 89.5 cm³/mol. The van der Waals surface area contributed by atoms with Crippen LogP contribution >= 0.6 is 0 Å². The highest BCUT2D eigenvalue weighted by atomic mass is 16.5. The summed E-state index contributed by atoms with van der Waals surface area (Å²) in [7, 11) is 0. The maximum atomic E-state index is 11.2.